The third kappa shape index (κ3) is 3.72. The number of aromatic nitrogens is 1. The molecular weight excluding hydrogens is 276 g/mol. The maximum absolute atomic E-state index is 4.85. The van der Waals surface area contributed by atoms with E-state index in [4.69, 9.17) is 4.98 Å². The number of nitrogens with zero attached hydrogens (tertiary/aromatic N) is 1. The van der Waals surface area contributed by atoms with Crippen molar-refractivity contribution in [2.45, 2.75) is 59.0 Å². The van der Waals surface area contributed by atoms with Crippen LogP contribution in [-0.4, -0.2) is 11.0 Å². The highest BCUT2D eigenvalue weighted by atomic mass is 32.1. The Hall–Kier alpha value is -1.19. The number of nitrogens with one attached hydrogen (secondary N) is 1. The first-order valence-corrected chi connectivity index (χ1v) is 8.74. The van der Waals surface area contributed by atoms with E-state index in [0.29, 0.717) is 0 Å². The fourth-order valence-electron chi connectivity index (χ4n) is 2.54. The van der Waals surface area contributed by atoms with Crippen LogP contribution in [0.5, 0.6) is 0 Å². The van der Waals surface area contributed by atoms with Crippen LogP contribution in [0.1, 0.15) is 52.0 Å². The van der Waals surface area contributed by atoms with Crippen LogP contribution in [0.2, 0.25) is 0 Å². The molecule has 1 N–H and O–H groups in total. The minimum absolute atomic E-state index is 0.764. The first kappa shape index (κ1) is 14.7. The number of hydrogen-bond donors (Lipinski definition) is 1. The molecule has 1 aromatic carbocycles. The normalized spacial score (nSPS) is 14.6. The molecule has 0 spiro atoms. The van der Waals surface area contributed by atoms with Gasteiger partial charge in [-0.05, 0) is 49.8 Å². The molecule has 0 amide bonds. The molecule has 1 saturated carbocycles. The van der Waals surface area contributed by atoms with E-state index in [0.717, 1.165) is 25.4 Å². The molecule has 1 aliphatic carbocycles. The smallest absolute Gasteiger partial charge is 0.0975 e. The van der Waals surface area contributed by atoms with E-state index >= 15 is 0 Å². The summed E-state index contributed by atoms with van der Waals surface area (Å²) in [5.41, 5.74) is 5.39. The highest BCUT2D eigenvalue weighted by Gasteiger charge is 2.21. The van der Waals surface area contributed by atoms with Crippen LogP contribution in [-0.2, 0) is 19.4 Å². The van der Waals surface area contributed by atoms with Crippen molar-refractivity contribution >= 4 is 11.3 Å². The molecule has 1 fully saturated rings. The molecule has 0 unspecified atom stereocenters. The molecule has 1 heterocycles. The van der Waals surface area contributed by atoms with Crippen molar-refractivity contribution in [1.29, 1.82) is 0 Å². The summed E-state index contributed by atoms with van der Waals surface area (Å²) in [5, 5.41) is 4.86. The Morgan fingerprint density at radius 2 is 2.05 bits per heavy atom. The summed E-state index contributed by atoms with van der Waals surface area (Å²) < 4.78 is 0. The molecule has 2 aromatic rings. The van der Waals surface area contributed by atoms with Crippen molar-refractivity contribution in [2.75, 3.05) is 0 Å². The second kappa shape index (κ2) is 6.29. The van der Waals surface area contributed by atoms with Crippen molar-refractivity contribution in [3.05, 3.63) is 50.5 Å². The van der Waals surface area contributed by atoms with Gasteiger partial charge in [-0.15, -0.1) is 11.3 Å². The SMILES string of the molecule is CCc1nc(Cc2ccc(C)c(C)c2)sc1CNC1CC1. The molecule has 112 valence electrons. The van der Waals surface area contributed by atoms with E-state index in [1.165, 1.54) is 45.1 Å². The van der Waals surface area contributed by atoms with Crippen LogP contribution < -0.4 is 5.32 Å². The van der Waals surface area contributed by atoms with Crippen LogP contribution in [0.15, 0.2) is 18.2 Å². The van der Waals surface area contributed by atoms with E-state index in [2.05, 4.69) is 44.3 Å². The van der Waals surface area contributed by atoms with Gasteiger partial charge in [0.05, 0.1) is 10.7 Å². The van der Waals surface area contributed by atoms with Gasteiger partial charge in [0.2, 0.25) is 0 Å². The average molecular weight is 300 g/mol. The number of benzene rings is 1. The Labute approximate surface area is 131 Å². The van der Waals surface area contributed by atoms with Gasteiger partial charge in [-0.3, -0.25) is 0 Å². The molecule has 1 aromatic heterocycles. The minimum Gasteiger partial charge on any atom is -0.309 e. The van der Waals surface area contributed by atoms with Gasteiger partial charge in [-0.1, -0.05) is 25.1 Å². The summed E-state index contributed by atoms with van der Waals surface area (Å²) in [4.78, 5) is 6.29. The molecule has 1 aliphatic rings. The van der Waals surface area contributed by atoms with E-state index in [9.17, 15) is 0 Å². The molecule has 0 aliphatic heterocycles. The third-order valence-corrected chi connectivity index (χ3v) is 5.31. The summed E-state index contributed by atoms with van der Waals surface area (Å²) >= 11 is 1.89. The highest BCUT2D eigenvalue weighted by molar-refractivity contribution is 7.11. The van der Waals surface area contributed by atoms with Gasteiger partial charge in [0, 0.05) is 23.9 Å². The molecular formula is C18H24N2S. The monoisotopic (exact) mass is 300 g/mol. The van der Waals surface area contributed by atoms with Gasteiger partial charge in [-0.25, -0.2) is 4.98 Å². The van der Waals surface area contributed by atoms with Crippen molar-refractivity contribution < 1.29 is 0 Å². The molecule has 0 bridgehead atoms. The number of hydrogen-bond acceptors (Lipinski definition) is 3. The Bertz CT molecular complexity index is 626. The summed E-state index contributed by atoms with van der Waals surface area (Å²) in [6.07, 6.45) is 4.68. The Morgan fingerprint density at radius 3 is 2.71 bits per heavy atom. The van der Waals surface area contributed by atoms with Crippen LogP contribution in [0, 0.1) is 13.8 Å². The average Bonchev–Trinajstić information content (AvgIpc) is 3.22. The molecule has 3 rings (SSSR count). The fourth-order valence-corrected chi connectivity index (χ4v) is 3.68. The predicted molar refractivity (Wildman–Crippen MR) is 90.1 cm³/mol. The van der Waals surface area contributed by atoms with Crippen molar-refractivity contribution in [2.24, 2.45) is 0 Å². The van der Waals surface area contributed by atoms with Gasteiger partial charge in [0.1, 0.15) is 0 Å². The largest absolute Gasteiger partial charge is 0.309 e. The standard InChI is InChI=1S/C18H24N2S/c1-4-16-17(11-19-15-7-8-15)21-18(20-16)10-14-6-5-12(2)13(3)9-14/h5-6,9,15,19H,4,7-8,10-11H2,1-3H3. The maximum Gasteiger partial charge on any atom is 0.0975 e. The topological polar surface area (TPSA) is 24.9 Å². The van der Waals surface area contributed by atoms with E-state index in [-0.39, 0.29) is 0 Å². The van der Waals surface area contributed by atoms with E-state index in [1.807, 2.05) is 11.3 Å². The van der Waals surface area contributed by atoms with E-state index in [1.54, 1.807) is 0 Å². The van der Waals surface area contributed by atoms with Gasteiger partial charge < -0.3 is 5.32 Å². The quantitative estimate of drug-likeness (QED) is 0.866. The Balaban J connectivity index is 1.73. The van der Waals surface area contributed by atoms with Crippen molar-refractivity contribution in [1.82, 2.24) is 10.3 Å². The lowest BCUT2D eigenvalue weighted by atomic mass is 10.0. The molecule has 0 radical (unpaired) electrons. The lowest BCUT2D eigenvalue weighted by Crippen LogP contribution is -2.15. The molecule has 21 heavy (non-hydrogen) atoms. The number of thiazole rings is 1. The minimum atomic E-state index is 0.764. The van der Waals surface area contributed by atoms with Gasteiger partial charge in [-0.2, -0.15) is 0 Å². The van der Waals surface area contributed by atoms with Crippen molar-refractivity contribution in [3.63, 3.8) is 0 Å². The first-order chi connectivity index (χ1) is 10.2. The summed E-state index contributed by atoms with van der Waals surface area (Å²) in [6, 6.07) is 7.51. The van der Waals surface area contributed by atoms with Crippen LogP contribution in [0.4, 0.5) is 0 Å². The van der Waals surface area contributed by atoms with Crippen LogP contribution in [0.25, 0.3) is 0 Å². The summed E-state index contributed by atoms with van der Waals surface area (Å²) in [7, 11) is 0. The number of aryl methyl sites for hydroxylation is 3. The lowest BCUT2D eigenvalue weighted by Gasteiger charge is -2.03. The molecule has 0 saturated heterocycles. The second-order valence-corrected chi connectivity index (χ2v) is 7.25. The summed E-state index contributed by atoms with van der Waals surface area (Å²) in [6.45, 7) is 7.55. The first-order valence-electron chi connectivity index (χ1n) is 7.92. The Kier molecular flexibility index (Phi) is 4.41. The zero-order chi connectivity index (χ0) is 14.8. The van der Waals surface area contributed by atoms with Crippen LogP contribution in [0.3, 0.4) is 0 Å². The fraction of sp³-hybridized carbons (Fsp3) is 0.500. The third-order valence-electron chi connectivity index (χ3n) is 4.21. The molecule has 2 nitrogen and oxygen atoms in total. The van der Waals surface area contributed by atoms with Gasteiger partial charge >= 0.3 is 0 Å². The summed E-state index contributed by atoms with van der Waals surface area (Å²) in [5.74, 6) is 0. The highest BCUT2D eigenvalue weighted by Crippen LogP contribution is 2.25. The van der Waals surface area contributed by atoms with Gasteiger partial charge in [0.15, 0.2) is 0 Å². The zero-order valence-electron chi connectivity index (χ0n) is 13.2. The predicted octanol–water partition coefficient (Wildman–Crippen LogP) is 4.17. The number of rotatable bonds is 6. The van der Waals surface area contributed by atoms with E-state index < -0.39 is 0 Å². The van der Waals surface area contributed by atoms with Gasteiger partial charge in [0.25, 0.3) is 0 Å². The Morgan fingerprint density at radius 1 is 1.24 bits per heavy atom. The van der Waals surface area contributed by atoms with Crippen molar-refractivity contribution in [3.8, 4) is 0 Å². The lowest BCUT2D eigenvalue weighted by molar-refractivity contribution is 0.689. The maximum atomic E-state index is 4.85. The van der Waals surface area contributed by atoms with Crippen LogP contribution >= 0.6 is 11.3 Å². The molecule has 3 heteroatoms. The second-order valence-electron chi connectivity index (χ2n) is 6.08. The zero-order valence-corrected chi connectivity index (χ0v) is 14.0. The molecule has 0 atom stereocenters.